The van der Waals surface area contributed by atoms with Gasteiger partial charge in [-0.15, -0.1) is 0 Å². The maximum Gasteiger partial charge on any atom is 0.161 e. The fourth-order valence-corrected chi connectivity index (χ4v) is 2.14. The topological polar surface area (TPSA) is 58.9 Å². The van der Waals surface area contributed by atoms with Gasteiger partial charge in [0, 0.05) is 0 Å². The van der Waals surface area contributed by atoms with Crippen molar-refractivity contribution < 1.29 is 19.7 Å². The van der Waals surface area contributed by atoms with Crippen molar-refractivity contribution in [3.63, 3.8) is 0 Å². The summed E-state index contributed by atoms with van der Waals surface area (Å²) in [5, 5.41) is 19.9. The minimum Gasteiger partial charge on any atom is -0.486 e. The summed E-state index contributed by atoms with van der Waals surface area (Å²) in [5.41, 5.74) is 0.689. The summed E-state index contributed by atoms with van der Waals surface area (Å²) in [4.78, 5) is 0. The van der Waals surface area contributed by atoms with Gasteiger partial charge in [-0.3, -0.25) is 0 Å². The van der Waals surface area contributed by atoms with Gasteiger partial charge in [-0.05, 0) is 36.5 Å². The molecule has 0 amide bonds. The Morgan fingerprint density at radius 2 is 1.76 bits per heavy atom. The van der Waals surface area contributed by atoms with E-state index < -0.39 is 12.2 Å². The Labute approximate surface area is 99.8 Å². The van der Waals surface area contributed by atoms with Gasteiger partial charge in [0.2, 0.25) is 0 Å². The molecule has 92 valence electrons. The van der Waals surface area contributed by atoms with Crippen LogP contribution in [-0.4, -0.2) is 29.5 Å². The van der Waals surface area contributed by atoms with E-state index in [1.807, 2.05) is 0 Å². The van der Waals surface area contributed by atoms with E-state index in [0.29, 0.717) is 30.3 Å². The molecule has 0 aromatic heterocycles. The van der Waals surface area contributed by atoms with Crippen molar-refractivity contribution in [2.75, 3.05) is 13.2 Å². The van der Waals surface area contributed by atoms with E-state index in [0.717, 1.165) is 12.8 Å². The lowest BCUT2D eigenvalue weighted by Crippen LogP contribution is -2.21. The summed E-state index contributed by atoms with van der Waals surface area (Å²) in [6.07, 6.45) is 0.502. The summed E-state index contributed by atoms with van der Waals surface area (Å²) in [6, 6.07) is 5.32. The molecule has 2 unspecified atom stereocenters. The van der Waals surface area contributed by atoms with Gasteiger partial charge in [-0.2, -0.15) is 0 Å². The average Bonchev–Trinajstić information content (AvgIpc) is 3.21. The molecule has 0 bridgehead atoms. The maximum atomic E-state index is 10.1. The Hall–Kier alpha value is -1.26. The van der Waals surface area contributed by atoms with Crippen LogP contribution in [0.5, 0.6) is 11.5 Å². The second-order valence-corrected chi connectivity index (χ2v) is 4.68. The van der Waals surface area contributed by atoms with Crippen molar-refractivity contribution in [2.45, 2.75) is 25.0 Å². The Kier molecular flexibility index (Phi) is 2.68. The summed E-state index contributed by atoms with van der Waals surface area (Å²) in [6.45, 7) is 1.08. The monoisotopic (exact) mass is 236 g/mol. The molecule has 1 aromatic rings. The van der Waals surface area contributed by atoms with E-state index in [1.165, 1.54) is 0 Å². The van der Waals surface area contributed by atoms with E-state index in [1.54, 1.807) is 18.2 Å². The number of hydrogen-bond acceptors (Lipinski definition) is 4. The molecule has 1 fully saturated rings. The molecule has 0 radical (unpaired) electrons. The molecule has 3 rings (SSSR count). The van der Waals surface area contributed by atoms with Gasteiger partial charge in [0.05, 0.1) is 6.10 Å². The first kappa shape index (κ1) is 10.9. The van der Waals surface area contributed by atoms with Crippen molar-refractivity contribution in [1.82, 2.24) is 0 Å². The lowest BCUT2D eigenvalue weighted by Gasteiger charge is -2.22. The first-order valence-electron chi connectivity index (χ1n) is 6.01. The maximum absolute atomic E-state index is 10.1. The average molecular weight is 236 g/mol. The highest BCUT2D eigenvalue weighted by Crippen LogP contribution is 2.40. The quantitative estimate of drug-likeness (QED) is 0.829. The molecular weight excluding hydrogens is 220 g/mol. The molecule has 17 heavy (non-hydrogen) atoms. The standard InChI is InChI=1S/C13H16O4/c14-12(8-1-2-8)13(15)9-3-4-10-11(7-9)17-6-5-16-10/h3-4,7-8,12-15H,1-2,5-6H2. The number of hydrogen-bond donors (Lipinski definition) is 2. The van der Waals surface area contributed by atoms with Crippen LogP contribution in [0.25, 0.3) is 0 Å². The van der Waals surface area contributed by atoms with Crippen LogP contribution in [0.15, 0.2) is 18.2 Å². The van der Waals surface area contributed by atoms with Crippen LogP contribution in [0, 0.1) is 5.92 Å². The molecule has 2 aliphatic rings. The van der Waals surface area contributed by atoms with E-state index in [2.05, 4.69) is 0 Å². The third-order valence-corrected chi connectivity index (χ3v) is 3.34. The molecule has 4 nitrogen and oxygen atoms in total. The molecule has 2 atom stereocenters. The predicted molar refractivity (Wildman–Crippen MR) is 61.1 cm³/mol. The highest BCUT2D eigenvalue weighted by Gasteiger charge is 2.35. The molecule has 1 aliphatic heterocycles. The molecule has 1 heterocycles. The van der Waals surface area contributed by atoms with Crippen molar-refractivity contribution in [3.8, 4) is 11.5 Å². The lowest BCUT2D eigenvalue weighted by molar-refractivity contribution is 0.00459. The van der Waals surface area contributed by atoms with Crippen LogP contribution < -0.4 is 9.47 Å². The summed E-state index contributed by atoms with van der Waals surface area (Å²) < 4.78 is 10.9. The zero-order chi connectivity index (χ0) is 11.8. The fourth-order valence-electron chi connectivity index (χ4n) is 2.14. The molecule has 1 aromatic carbocycles. The molecular formula is C13H16O4. The zero-order valence-electron chi connectivity index (χ0n) is 9.50. The van der Waals surface area contributed by atoms with Gasteiger partial charge in [0.25, 0.3) is 0 Å². The first-order chi connectivity index (χ1) is 8.25. The second kappa shape index (κ2) is 4.20. The zero-order valence-corrected chi connectivity index (χ0v) is 9.50. The van der Waals surface area contributed by atoms with Crippen molar-refractivity contribution in [3.05, 3.63) is 23.8 Å². The Balaban J connectivity index is 1.82. The predicted octanol–water partition coefficient (Wildman–Crippen LogP) is 1.26. The van der Waals surface area contributed by atoms with Crippen molar-refractivity contribution >= 4 is 0 Å². The molecule has 0 saturated heterocycles. The lowest BCUT2D eigenvalue weighted by atomic mass is 10.0. The molecule has 2 N–H and O–H groups in total. The smallest absolute Gasteiger partial charge is 0.161 e. The fraction of sp³-hybridized carbons (Fsp3) is 0.538. The van der Waals surface area contributed by atoms with Crippen LogP contribution >= 0.6 is 0 Å². The Morgan fingerprint density at radius 3 is 2.47 bits per heavy atom. The van der Waals surface area contributed by atoms with Gasteiger partial charge >= 0.3 is 0 Å². The molecule has 1 saturated carbocycles. The second-order valence-electron chi connectivity index (χ2n) is 4.68. The molecule has 1 aliphatic carbocycles. The summed E-state index contributed by atoms with van der Waals surface area (Å²) in [7, 11) is 0. The molecule has 0 spiro atoms. The van der Waals surface area contributed by atoms with E-state index in [4.69, 9.17) is 9.47 Å². The third-order valence-electron chi connectivity index (χ3n) is 3.34. The third kappa shape index (κ3) is 2.10. The van der Waals surface area contributed by atoms with Crippen LogP contribution in [0.4, 0.5) is 0 Å². The van der Waals surface area contributed by atoms with Gasteiger partial charge in [-0.25, -0.2) is 0 Å². The van der Waals surface area contributed by atoms with Crippen molar-refractivity contribution in [1.29, 1.82) is 0 Å². The number of aliphatic hydroxyl groups is 2. The van der Waals surface area contributed by atoms with E-state index in [9.17, 15) is 10.2 Å². The molecule has 4 heteroatoms. The highest BCUT2D eigenvalue weighted by atomic mass is 16.6. The van der Waals surface area contributed by atoms with Gasteiger partial charge in [0.1, 0.15) is 19.3 Å². The largest absolute Gasteiger partial charge is 0.486 e. The summed E-state index contributed by atoms with van der Waals surface area (Å²) in [5.74, 6) is 1.60. The number of aliphatic hydroxyl groups excluding tert-OH is 2. The Bertz CT molecular complexity index is 414. The number of fused-ring (bicyclic) bond motifs is 1. The van der Waals surface area contributed by atoms with Crippen LogP contribution in [0.2, 0.25) is 0 Å². The van der Waals surface area contributed by atoms with Crippen LogP contribution in [-0.2, 0) is 0 Å². The number of rotatable bonds is 3. The van der Waals surface area contributed by atoms with E-state index in [-0.39, 0.29) is 5.92 Å². The first-order valence-corrected chi connectivity index (χ1v) is 6.01. The summed E-state index contributed by atoms with van der Waals surface area (Å²) >= 11 is 0. The highest BCUT2D eigenvalue weighted by molar-refractivity contribution is 5.44. The number of benzene rings is 1. The van der Waals surface area contributed by atoms with Crippen molar-refractivity contribution in [2.24, 2.45) is 5.92 Å². The number of ether oxygens (including phenoxy) is 2. The Morgan fingerprint density at radius 1 is 1.06 bits per heavy atom. The SMILES string of the molecule is OC(c1ccc2c(c1)OCCO2)C(O)C1CC1. The van der Waals surface area contributed by atoms with Crippen LogP contribution in [0.1, 0.15) is 24.5 Å². The van der Waals surface area contributed by atoms with Gasteiger partial charge in [0.15, 0.2) is 11.5 Å². The van der Waals surface area contributed by atoms with Crippen LogP contribution in [0.3, 0.4) is 0 Å². The van der Waals surface area contributed by atoms with Gasteiger partial charge < -0.3 is 19.7 Å². The minimum absolute atomic E-state index is 0.248. The minimum atomic E-state index is -0.835. The normalized spacial score (nSPS) is 22.0. The van der Waals surface area contributed by atoms with Gasteiger partial charge in [-0.1, -0.05) is 6.07 Å². The van der Waals surface area contributed by atoms with E-state index >= 15 is 0 Å².